The van der Waals surface area contributed by atoms with Gasteiger partial charge in [-0.25, -0.2) is 0 Å². The molecule has 68 valence electrons. The molecule has 0 bridgehead atoms. The highest BCUT2D eigenvalue weighted by atomic mass is 32.1. The van der Waals surface area contributed by atoms with Crippen molar-refractivity contribution in [2.75, 3.05) is 0 Å². The highest BCUT2D eigenvalue weighted by Crippen LogP contribution is 2.15. The van der Waals surface area contributed by atoms with E-state index in [0.29, 0.717) is 11.1 Å². The van der Waals surface area contributed by atoms with Crippen LogP contribution in [0.1, 0.15) is 11.1 Å². The smallest absolute Gasteiger partial charge is 0.116 e. The Bertz CT molecular complexity index is 344. The van der Waals surface area contributed by atoms with E-state index in [2.05, 4.69) is 0 Å². The fraction of sp³-hybridized carbons (Fsp3) is 0. The summed E-state index contributed by atoms with van der Waals surface area (Å²) >= 11 is 9.50. The van der Waals surface area contributed by atoms with Crippen molar-refractivity contribution in [1.29, 1.82) is 0 Å². The number of phenolic OH excluding ortho intramolecular Hbond substituents is 1. The third kappa shape index (κ3) is 2.37. The van der Waals surface area contributed by atoms with Gasteiger partial charge < -0.3 is 16.6 Å². The van der Waals surface area contributed by atoms with Crippen LogP contribution in [0.15, 0.2) is 18.2 Å². The zero-order valence-electron chi connectivity index (χ0n) is 6.65. The van der Waals surface area contributed by atoms with E-state index in [0.717, 1.165) is 0 Å². The normalized spacial score (nSPS) is 9.54. The summed E-state index contributed by atoms with van der Waals surface area (Å²) in [5, 5.41) is 9.26. The van der Waals surface area contributed by atoms with E-state index in [1.165, 1.54) is 12.1 Å². The maximum atomic E-state index is 9.26. The first-order valence-corrected chi connectivity index (χ1v) is 4.26. The lowest BCUT2D eigenvalue weighted by Gasteiger charge is -2.03. The van der Waals surface area contributed by atoms with Crippen LogP contribution in [0.5, 0.6) is 5.75 Å². The lowest BCUT2D eigenvalue weighted by molar-refractivity contribution is 0.475. The molecule has 0 heterocycles. The maximum Gasteiger partial charge on any atom is 0.116 e. The van der Waals surface area contributed by atoms with Crippen LogP contribution < -0.4 is 11.5 Å². The molecule has 0 amide bonds. The quantitative estimate of drug-likeness (QED) is 0.628. The predicted octanol–water partition coefficient (Wildman–Crippen LogP) is 0.661. The second-order valence-electron chi connectivity index (χ2n) is 2.50. The minimum absolute atomic E-state index is 0.0492. The number of rotatable bonds is 2. The van der Waals surface area contributed by atoms with Crippen molar-refractivity contribution in [1.82, 2.24) is 0 Å². The molecule has 13 heavy (non-hydrogen) atoms. The molecule has 1 aromatic carbocycles. The fourth-order valence-corrected chi connectivity index (χ4v) is 1.13. The molecule has 0 saturated heterocycles. The van der Waals surface area contributed by atoms with Crippen LogP contribution in [0.2, 0.25) is 0 Å². The van der Waals surface area contributed by atoms with Crippen LogP contribution in [-0.2, 0) is 0 Å². The molecule has 3 nitrogen and oxygen atoms in total. The average Bonchev–Trinajstić information content (AvgIpc) is 2.03. The lowest BCUT2D eigenvalue weighted by atomic mass is 10.1. The Balaban J connectivity index is 3.26. The number of nitrogens with two attached hydrogens (primary N) is 2. The zero-order chi connectivity index (χ0) is 10.0. The standard InChI is InChI=1S/C8H8N2OS2/c9-7(12)4-1-5(8(10)13)3-6(11)2-4/h1-3,11H,(H2,9,12)(H2,10,13). The predicted molar refractivity (Wildman–Crippen MR) is 59.9 cm³/mol. The molecule has 0 spiro atoms. The molecular weight excluding hydrogens is 204 g/mol. The minimum Gasteiger partial charge on any atom is -0.508 e. The van der Waals surface area contributed by atoms with Gasteiger partial charge >= 0.3 is 0 Å². The molecule has 1 rings (SSSR count). The number of hydrogen-bond acceptors (Lipinski definition) is 3. The van der Waals surface area contributed by atoms with Gasteiger partial charge in [0.25, 0.3) is 0 Å². The van der Waals surface area contributed by atoms with Gasteiger partial charge in [-0.05, 0) is 18.2 Å². The molecule has 0 fully saturated rings. The monoisotopic (exact) mass is 212 g/mol. The summed E-state index contributed by atoms with van der Waals surface area (Å²) in [7, 11) is 0. The first kappa shape index (κ1) is 9.88. The number of aromatic hydroxyl groups is 1. The van der Waals surface area contributed by atoms with Crippen LogP contribution in [-0.4, -0.2) is 15.1 Å². The van der Waals surface area contributed by atoms with E-state index < -0.39 is 0 Å². The van der Waals surface area contributed by atoms with Gasteiger partial charge in [-0.2, -0.15) is 0 Å². The van der Waals surface area contributed by atoms with Gasteiger partial charge in [0.05, 0.1) is 0 Å². The van der Waals surface area contributed by atoms with Gasteiger partial charge in [0.1, 0.15) is 15.7 Å². The first-order valence-electron chi connectivity index (χ1n) is 3.44. The molecule has 5 heteroatoms. The lowest BCUT2D eigenvalue weighted by Crippen LogP contribution is -2.13. The van der Waals surface area contributed by atoms with Crippen molar-refractivity contribution in [2.45, 2.75) is 0 Å². The van der Waals surface area contributed by atoms with E-state index in [-0.39, 0.29) is 15.7 Å². The van der Waals surface area contributed by atoms with Crippen molar-refractivity contribution in [3.8, 4) is 5.75 Å². The van der Waals surface area contributed by atoms with Gasteiger partial charge in [0.15, 0.2) is 0 Å². The van der Waals surface area contributed by atoms with E-state index >= 15 is 0 Å². The van der Waals surface area contributed by atoms with Crippen molar-refractivity contribution in [2.24, 2.45) is 11.5 Å². The second kappa shape index (κ2) is 3.68. The minimum atomic E-state index is 0.0492. The SMILES string of the molecule is NC(=S)c1cc(O)cc(C(N)=S)c1. The average molecular weight is 212 g/mol. The largest absolute Gasteiger partial charge is 0.508 e. The highest BCUT2D eigenvalue weighted by molar-refractivity contribution is 7.81. The van der Waals surface area contributed by atoms with Crippen molar-refractivity contribution in [3.05, 3.63) is 29.3 Å². The van der Waals surface area contributed by atoms with E-state index in [9.17, 15) is 5.11 Å². The summed E-state index contributed by atoms with van der Waals surface area (Å²) in [6.07, 6.45) is 0. The Kier molecular flexibility index (Phi) is 2.79. The second-order valence-corrected chi connectivity index (χ2v) is 3.38. The third-order valence-electron chi connectivity index (χ3n) is 1.49. The summed E-state index contributed by atoms with van der Waals surface area (Å²) in [6, 6.07) is 4.57. The molecule has 0 aliphatic heterocycles. The van der Waals surface area contributed by atoms with Crippen LogP contribution in [0, 0.1) is 0 Å². The Morgan fingerprint density at radius 1 is 1.00 bits per heavy atom. The Morgan fingerprint density at radius 3 is 1.69 bits per heavy atom. The highest BCUT2D eigenvalue weighted by Gasteiger charge is 2.03. The Labute approximate surface area is 86.4 Å². The molecule has 0 atom stereocenters. The number of benzene rings is 1. The van der Waals surface area contributed by atoms with Crippen LogP contribution in [0.4, 0.5) is 0 Å². The summed E-state index contributed by atoms with van der Waals surface area (Å²) in [5.74, 6) is 0.0492. The van der Waals surface area contributed by atoms with Gasteiger partial charge in [-0.15, -0.1) is 0 Å². The molecule has 0 saturated carbocycles. The zero-order valence-corrected chi connectivity index (χ0v) is 8.28. The molecule has 1 aromatic rings. The molecule has 0 aromatic heterocycles. The van der Waals surface area contributed by atoms with Crippen molar-refractivity contribution in [3.63, 3.8) is 0 Å². The molecule has 5 N–H and O–H groups in total. The number of phenols is 1. The summed E-state index contributed by atoms with van der Waals surface area (Å²) in [4.78, 5) is 0.404. The molecule has 0 aliphatic carbocycles. The van der Waals surface area contributed by atoms with Crippen LogP contribution in [0.3, 0.4) is 0 Å². The van der Waals surface area contributed by atoms with Gasteiger partial charge in [-0.3, -0.25) is 0 Å². The topological polar surface area (TPSA) is 72.3 Å². The molecule has 0 unspecified atom stereocenters. The van der Waals surface area contributed by atoms with Gasteiger partial charge in [0, 0.05) is 11.1 Å². The number of hydrogen-bond donors (Lipinski definition) is 3. The summed E-state index contributed by atoms with van der Waals surface area (Å²) in [5.41, 5.74) is 11.9. The van der Waals surface area contributed by atoms with Crippen molar-refractivity contribution >= 4 is 34.4 Å². The fourth-order valence-electron chi connectivity index (χ4n) is 0.896. The van der Waals surface area contributed by atoms with E-state index in [1.54, 1.807) is 6.07 Å². The van der Waals surface area contributed by atoms with Crippen LogP contribution >= 0.6 is 24.4 Å². The first-order chi connectivity index (χ1) is 6.00. The van der Waals surface area contributed by atoms with Crippen LogP contribution in [0.25, 0.3) is 0 Å². The molecule has 0 radical (unpaired) electrons. The Hall–Kier alpha value is -1.20. The van der Waals surface area contributed by atoms with Gasteiger partial charge in [-0.1, -0.05) is 24.4 Å². The van der Waals surface area contributed by atoms with Crippen molar-refractivity contribution < 1.29 is 5.11 Å². The van der Waals surface area contributed by atoms with E-state index in [1.807, 2.05) is 0 Å². The number of thiocarbonyl (C=S) groups is 2. The summed E-state index contributed by atoms with van der Waals surface area (Å²) < 4.78 is 0. The molecular formula is C8H8N2OS2. The maximum absolute atomic E-state index is 9.26. The summed E-state index contributed by atoms with van der Waals surface area (Å²) in [6.45, 7) is 0. The van der Waals surface area contributed by atoms with Gasteiger partial charge in [0.2, 0.25) is 0 Å². The Morgan fingerprint density at radius 2 is 1.38 bits per heavy atom. The van der Waals surface area contributed by atoms with E-state index in [4.69, 9.17) is 35.9 Å². The molecule has 0 aliphatic rings. The third-order valence-corrected chi connectivity index (χ3v) is 1.96.